The van der Waals surface area contributed by atoms with E-state index >= 15 is 0 Å². The van der Waals surface area contributed by atoms with E-state index < -0.39 is 0 Å². The van der Waals surface area contributed by atoms with Crippen LogP contribution < -0.4 is 0 Å². The molecule has 0 aromatic carbocycles. The van der Waals surface area contributed by atoms with Crippen LogP contribution in [-0.2, 0) is 11.2 Å². The van der Waals surface area contributed by atoms with Crippen molar-refractivity contribution in [3.63, 3.8) is 0 Å². The second kappa shape index (κ2) is 6.14. The van der Waals surface area contributed by atoms with Crippen molar-refractivity contribution >= 4 is 22.1 Å². The van der Waals surface area contributed by atoms with E-state index in [0.29, 0.717) is 12.2 Å². The Labute approximate surface area is 112 Å². The van der Waals surface area contributed by atoms with Crippen LogP contribution in [0.25, 0.3) is 4.96 Å². The summed E-state index contributed by atoms with van der Waals surface area (Å²) < 4.78 is 1.99. The van der Waals surface area contributed by atoms with Crippen LogP contribution >= 0.6 is 11.3 Å². The first kappa shape index (κ1) is 13.3. The van der Waals surface area contributed by atoms with Gasteiger partial charge in [-0.15, -0.1) is 11.3 Å². The summed E-state index contributed by atoms with van der Waals surface area (Å²) in [4.78, 5) is 17.7. The number of carbonyl (C=O) groups is 1. The predicted molar refractivity (Wildman–Crippen MR) is 75.1 cm³/mol. The SMILES string of the molecule is CCCC(CCC)C(=O)Cc1cn2ccsc2n1. The van der Waals surface area contributed by atoms with Gasteiger partial charge in [-0.25, -0.2) is 4.98 Å². The van der Waals surface area contributed by atoms with Gasteiger partial charge in [0.2, 0.25) is 0 Å². The third-order valence-corrected chi connectivity index (χ3v) is 4.00. The Hall–Kier alpha value is -1.16. The Morgan fingerprint density at radius 1 is 1.39 bits per heavy atom. The predicted octanol–water partition coefficient (Wildman–Crippen LogP) is 3.72. The molecular formula is C14H20N2OS. The number of Topliss-reactive ketones (excluding diaryl/α,β-unsaturated/α-hetero) is 1. The Bertz CT molecular complexity index is 480. The second-order valence-corrected chi connectivity index (χ2v) is 5.62. The summed E-state index contributed by atoms with van der Waals surface area (Å²) in [5.74, 6) is 0.573. The first-order chi connectivity index (χ1) is 8.74. The van der Waals surface area contributed by atoms with Crippen LogP contribution in [0.4, 0.5) is 0 Å². The molecule has 0 aliphatic heterocycles. The second-order valence-electron chi connectivity index (χ2n) is 4.74. The highest BCUT2D eigenvalue weighted by Crippen LogP contribution is 2.18. The topological polar surface area (TPSA) is 34.4 Å². The lowest BCUT2D eigenvalue weighted by Gasteiger charge is -2.12. The molecule has 0 unspecified atom stereocenters. The summed E-state index contributed by atoms with van der Waals surface area (Å²) in [6.07, 6.45) is 8.61. The van der Waals surface area contributed by atoms with E-state index in [2.05, 4.69) is 18.8 Å². The largest absolute Gasteiger partial charge is 0.299 e. The molecule has 0 spiro atoms. The summed E-state index contributed by atoms with van der Waals surface area (Å²) in [7, 11) is 0. The van der Waals surface area contributed by atoms with Crippen molar-refractivity contribution < 1.29 is 4.79 Å². The number of hydrogen-bond donors (Lipinski definition) is 0. The molecular weight excluding hydrogens is 244 g/mol. The van der Waals surface area contributed by atoms with Crippen molar-refractivity contribution in [2.45, 2.75) is 46.0 Å². The Balaban J connectivity index is 2.02. The molecule has 2 rings (SSSR count). The van der Waals surface area contributed by atoms with Gasteiger partial charge in [-0.3, -0.25) is 9.20 Å². The van der Waals surface area contributed by atoms with E-state index in [4.69, 9.17) is 0 Å². The monoisotopic (exact) mass is 264 g/mol. The van der Waals surface area contributed by atoms with Crippen molar-refractivity contribution in [3.8, 4) is 0 Å². The van der Waals surface area contributed by atoms with Crippen molar-refractivity contribution in [1.82, 2.24) is 9.38 Å². The van der Waals surface area contributed by atoms with Gasteiger partial charge in [0.1, 0.15) is 5.78 Å². The summed E-state index contributed by atoms with van der Waals surface area (Å²) in [6, 6.07) is 0. The first-order valence-corrected chi connectivity index (χ1v) is 7.56. The van der Waals surface area contributed by atoms with Crippen molar-refractivity contribution in [1.29, 1.82) is 0 Å². The zero-order chi connectivity index (χ0) is 13.0. The average Bonchev–Trinajstić information content (AvgIpc) is 2.89. The molecule has 0 saturated heterocycles. The van der Waals surface area contributed by atoms with Crippen LogP contribution in [0.2, 0.25) is 0 Å². The Kier molecular flexibility index (Phi) is 4.53. The van der Waals surface area contributed by atoms with Gasteiger partial charge >= 0.3 is 0 Å². The van der Waals surface area contributed by atoms with Crippen LogP contribution in [0.3, 0.4) is 0 Å². The number of hydrogen-bond acceptors (Lipinski definition) is 3. The lowest BCUT2D eigenvalue weighted by atomic mass is 9.91. The minimum absolute atomic E-state index is 0.222. The first-order valence-electron chi connectivity index (χ1n) is 6.68. The van der Waals surface area contributed by atoms with E-state index in [-0.39, 0.29) is 5.92 Å². The third kappa shape index (κ3) is 2.99. The summed E-state index contributed by atoms with van der Waals surface area (Å²) >= 11 is 1.60. The molecule has 0 saturated carbocycles. The Morgan fingerprint density at radius 2 is 2.11 bits per heavy atom. The van der Waals surface area contributed by atoms with Gasteiger partial charge in [-0.05, 0) is 12.8 Å². The number of fused-ring (bicyclic) bond motifs is 1. The number of carbonyl (C=O) groups excluding carboxylic acids is 1. The van der Waals surface area contributed by atoms with Crippen molar-refractivity contribution in [2.75, 3.05) is 0 Å². The van der Waals surface area contributed by atoms with E-state index in [1.165, 1.54) is 0 Å². The molecule has 18 heavy (non-hydrogen) atoms. The molecule has 0 bridgehead atoms. The molecule has 4 heteroatoms. The molecule has 2 aromatic heterocycles. The fourth-order valence-electron chi connectivity index (χ4n) is 2.35. The van der Waals surface area contributed by atoms with Crippen LogP contribution in [0.1, 0.15) is 45.2 Å². The van der Waals surface area contributed by atoms with Gasteiger partial charge in [-0.1, -0.05) is 26.7 Å². The molecule has 0 amide bonds. The molecule has 0 fully saturated rings. The number of nitrogens with zero attached hydrogens (tertiary/aromatic N) is 2. The molecule has 3 nitrogen and oxygen atoms in total. The number of thiazole rings is 1. The minimum atomic E-state index is 0.222. The lowest BCUT2D eigenvalue weighted by Crippen LogP contribution is -2.16. The zero-order valence-corrected chi connectivity index (χ0v) is 11.9. The highest BCUT2D eigenvalue weighted by atomic mass is 32.1. The van der Waals surface area contributed by atoms with Gasteiger partial charge < -0.3 is 0 Å². The van der Waals surface area contributed by atoms with Gasteiger partial charge in [0.15, 0.2) is 4.96 Å². The maximum absolute atomic E-state index is 12.2. The molecule has 0 atom stereocenters. The van der Waals surface area contributed by atoms with Crippen molar-refractivity contribution in [3.05, 3.63) is 23.5 Å². The van der Waals surface area contributed by atoms with Gasteiger partial charge in [-0.2, -0.15) is 0 Å². The molecule has 0 N–H and O–H groups in total. The molecule has 2 heterocycles. The molecule has 0 radical (unpaired) electrons. The highest BCUT2D eigenvalue weighted by molar-refractivity contribution is 7.15. The lowest BCUT2D eigenvalue weighted by molar-refractivity contribution is -0.122. The molecule has 98 valence electrons. The highest BCUT2D eigenvalue weighted by Gasteiger charge is 2.18. The van der Waals surface area contributed by atoms with Crippen LogP contribution in [0.5, 0.6) is 0 Å². The zero-order valence-electron chi connectivity index (χ0n) is 11.1. The van der Waals surface area contributed by atoms with Crippen molar-refractivity contribution in [2.24, 2.45) is 5.92 Å². The van der Waals surface area contributed by atoms with E-state index in [1.807, 2.05) is 22.2 Å². The summed E-state index contributed by atoms with van der Waals surface area (Å²) in [5.41, 5.74) is 0.907. The maximum atomic E-state index is 12.2. The maximum Gasteiger partial charge on any atom is 0.193 e. The summed E-state index contributed by atoms with van der Waals surface area (Å²) in [5, 5.41) is 2.00. The van der Waals surface area contributed by atoms with E-state index in [1.54, 1.807) is 11.3 Å². The van der Waals surface area contributed by atoms with Gasteiger partial charge in [0, 0.05) is 23.7 Å². The molecule has 2 aromatic rings. The standard InChI is InChI=1S/C14H20N2OS/c1-3-5-11(6-4-2)13(17)9-12-10-16-7-8-18-14(16)15-12/h7-8,10-11H,3-6,9H2,1-2H3. The number of imidazole rings is 1. The quantitative estimate of drug-likeness (QED) is 0.763. The number of rotatable bonds is 7. The normalized spacial score (nSPS) is 11.5. The number of ketones is 1. The smallest absolute Gasteiger partial charge is 0.193 e. The molecule has 0 aliphatic carbocycles. The van der Waals surface area contributed by atoms with E-state index in [9.17, 15) is 4.79 Å². The third-order valence-electron chi connectivity index (χ3n) is 3.23. The van der Waals surface area contributed by atoms with Crippen LogP contribution in [0, 0.1) is 5.92 Å². The van der Waals surface area contributed by atoms with E-state index in [0.717, 1.165) is 36.3 Å². The van der Waals surface area contributed by atoms with Gasteiger partial charge in [0.05, 0.1) is 12.1 Å². The average molecular weight is 264 g/mol. The molecule has 0 aliphatic rings. The fraction of sp³-hybridized carbons (Fsp3) is 0.571. The van der Waals surface area contributed by atoms with Crippen LogP contribution in [0.15, 0.2) is 17.8 Å². The summed E-state index contributed by atoms with van der Waals surface area (Å²) in [6.45, 7) is 4.28. The Morgan fingerprint density at radius 3 is 2.72 bits per heavy atom. The van der Waals surface area contributed by atoms with Crippen LogP contribution in [-0.4, -0.2) is 15.2 Å². The van der Waals surface area contributed by atoms with Gasteiger partial charge in [0.25, 0.3) is 0 Å². The fourth-order valence-corrected chi connectivity index (χ4v) is 3.07. The number of aromatic nitrogens is 2. The minimum Gasteiger partial charge on any atom is -0.299 e.